The smallest absolute Gasteiger partial charge is 0.246 e. The predicted molar refractivity (Wildman–Crippen MR) is 178 cm³/mol. The van der Waals surface area contributed by atoms with Gasteiger partial charge in [0.2, 0.25) is 5.91 Å². The number of amides is 1. The summed E-state index contributed by atoms with van der Waals surface area (Å²) in [7, 11) is 3.82. The molecule has 43 heavy (non-hydrogen) atoms. The number of carbonyl (C=O) groups is 1. The van der Waals surface area contributed by atoms with E-state index in [0.29, 0.717) is 36.6 Å². The molecule has 2 saturated heterocycles. The van der Waals surface area contributed by atoms with E-state index in [1.54, 1.807) is 25.5 Å². The maximum Gasteiger partial charge on any atom is 0.246 e. The molecule has 9 heteroatoms. The fraction of sp³-hybridized carbons (Fsp3) is 0.382. The summed E-state index contributed by atoms with van der Waals surface area (Å²) < 4.78 is 6.15. The van der Waals surface area contributed by atoms with E-state index in [9.17, 15) is 4.79 Å². The largest absolute Gasteiger partial charge is 0.457 e. The number of aliphatic imine (C=N–C) groups is 4. The molecule has 2 fully saturated rings. The van der Waals surface area contributed by atoms with Crippen molar-refractivity contribution < 1.29 is 9.53 Å². The Balaban J connectivity index is 1.47. The lowest BCUT2D eigenvalue weighted by Gasteiger charge is -2.40. The average molecular weight is 582 g/mol. The molecule has 1 atom stereocenters. The van der Waals surface area contributed by atoms with Gasteiger partial charge in [-0.15, -0.1) is 0 Å². The molecule has 3 heterocycles. The first-order valence-corrected chi connectivity index (χ1v) is 14.8. The van der Waals surface area contributed by atoms with E-state index >= 15 is 0 Å². The number of ether oxygens (including phenoxy) is 1. The first-order chi connectivity index (χ1) is 20.8. The first kappa shape index (κ1) is 31.6. The number of carbonyl (C=O) groups excluding carboxylic acids is 1. The third-order valence-electron chi connectivity index (χ3n) is 7.76. The van der Waals surface area contributed by atoms with Crippen molar-refractivity contribution in [1.29, 1.82) is 0 Å². The number of hydrogen-bond donors (Lipinski definition) is 1. The highest BCUT2D eigenvalue weighted by molar-refractivity contribution is 6.11. The van der Waals surface area contributed by atoms with Gasteiger partial charge in [-0.2, -0.15) is 0 Å². The molecule has 3 aliphatic heterocycles. The highest BCUT2D eigenvalue weighted by Crippen LogP contribution is 2.30. The zero-order valence-corrected chi connectivity index (χ0v) is 26.1. The van der Waals surface area contributed by atoms with Gasteiger partial charge in [0, 0.05) is 49.9 Å². The van der Waals surface area contributed by atoms with Crippen LogP contribution in [0.3, 0.4) is 0 Å². The van der Waals surface area contributed by atoms with Crippen molar-refractivity contribution in [2.75, 3.05) is 39.0 Å². The molecule has 1 aromatic rings. The summed E-state index contributed by atoms with van der Waals surface area (Å²) in [6.07, 6.45) is 18.9. The molecule has 0 aliphatic carbocycles. The van der Waals surface area contributed by atoms with Crippen molar-refractivity contribution in [2.45, 2.75) is 46.6 Å². The Morgan fingerprint density at radius 3 is 2.53 bits per heavy atom. The number of aryl methyl sites for hydroxylation is 1. The molecule has 4 rings (SSSR count). The van der Waals surface area contributed by atoms with Crippen LogP contribution < -0.4 is 10.1 Å². The monoisotopic (exact) mass is 581 g/mol. The molecular formula is C34H43N7O2. The van der Waals surface area contributed by atoms with Gasteiger partial charge >= 0.3 is 0 Å². The Kier molecular flexibility index (Phi) is 11.2. The van der Waals surface area contributed by atoms with E-state index in [0.717, 1.165) is 41.1 Å². The number of allylic oxidation sites excluding steroid dienone is 4. The maximum absolute atomic E-state index is 12.8. The Hall–Kier alpha value is -4.37. The van der Waals surface area contributed by atoms with Crippen LogP contribution in [0.5, 0.6) is 5.75 Å². The summed E-state index contributed by atoms with van der Waals surface area (Å²) in [6.45, 7) is 10.5. The average Bonchev–Trinajstić information content (AvgIpc) is 3.35. The third-order valence-corrected chi connectivity index (χ3v) is 7.76. The molecule has 0 spiro atoms. The van der Waals surface area contributed by atoms with Crippen LogP contribution in [0.2, 0.25) is 0 Å². The van der Waals surface area contributed by atoms with E-state index in [-0.39, 0.29) is 11.8 Å². The number of nitrogens with one attached hydrogen (secondary N) is 1. The van der Waals surface area contributed by atoms with Gasteiger partial charge in [0.1, 0.15) is 30.0 Å². The van der Waals surface area contributed by atoms with Crippen molar-refractivity contribution in [3.8, 4) is 5.75 Å². The van der Waals surface area contributed by atoms with Crippen LogP contribution in [0.4, 0.5) is 5.69 Å². The number of likely N-dealkylation sites (tertiary alicyclic amines) is 2. The molecule has 0 radical (unpaired) electrons. The fourth-order valence-electron chi connectivity index (χ4n) is 5.26. The molecule has 0 aromatic heterocycles. The highest BCUT2D eigenvalue weighted by Gasteiger charge is 2.33. The summed E-state index contributed by atoms with van der Waals surface area (Å²) in [5, 5.41) is 3.49. The van der Waals surface area contributed by atoms with Crippen molar-refractivity contribution >= 4 is 35.9 Å². The number of rotatable bonds is 11. The molecule has 1 N–H and O–H groups in total. The second-order valence-electron chi connectivity index (χ2n) is 10.9. The minimum absolute atomic E-state index is 0.0813. The zero-order chi connectivity index (χ0) is 30.8. The van der Waals surface area contributed by atoms with Crippen LogP contribution in [0.1, 0.15) is 39.2 Å². The Morgan fingerprint density at radius 1 is 1.16 bits per heavy atom. The van der Waals surface area contributed by atoms with Gasteiger partial charge in [0.25, 0.3) is 0 Å². The van der Waals surface area contributed by atoms with Crippen LogP contribution in [0, 0.1) is 12.8 Å². The fourth-order valence-corrected chi connectivity index (χ4v) is 5.26. The Bertz CT molecular complexity index is 1450. The second kappa shape index (κ2) is 15.2. The van der Waals surface area contributed by atoms with Crippen molar-refractivity contribution in [1.82, 2.24) is 9.80 Å². The van der Waals surface area contributed by atoms with E-state index in [1.165, 1.54) is 12.8 Å². The van der Waals surface area contributed by atoms with Gasteiger partial charge < -0.3 is 15.0 Å². The Labute approximate surface area is 255 Å². The van der Waals surface area contributed by atoms with Crippen molar-refractivity contribution in [2.24, 2.45) is 25.9 Å². The summed E-state index contributed by atoms with van der Waals surface area (Å²) in [6, 6.07) is 6.29. The van der Waals surface area contributed by atoms with E-state index in [2.05, 4.69) is 56.3 Å². The molecule has 9 nitrogen and oxygen atoms in total. The zero-order valence-electron chi connectivity index (χ0n) is 26.1. The number of amidine groups is 2. The number of benzene rings is 1. The van der Waals surface area contributed by atoms with E-state index < -0.39 is 0 Å². The number of nitrogens with zero attached hydrogens (tertiary/aromatic N) is 6. The van der Waals surface area contributed by atoms with Gasteiger partial charge in [-0.3, -0.25) is 14.7 Å². The minimum atomic E-state index is 0.0813. The summed E-state index contributed by atoms with van der Waals surface area (Å²) >= 11 is 0. The highest BCUT2D eigenvalue weighted by atomic mass is 16.5. The molecule has 0 bridgehead atoms. The lowest BCUT2D eigenvalue weighted by molar-refractivity contribution is -0.131. The second-order valence-corrected chi connectivity index (χ2v) is 10.9. The molecule has 1 amide bonds. The normalized spacial score (nSPS) is 20.7. The molecule has 226 valence electrons. The lowest BCUT2D eigenvalue weighted by atomic mass is 9.87. The van der Waals surface area contributed by atoms with Crippen molar-refractivity contribution in [3.63, 3.8) is 0 Å². The van der Waals surface area contributed by atoms with Crippen LogP contribution in [-0.4, -0.2) is 79.8 Å². The summed E-state index contributed by atoms with van der Waals surface area (Å²) in [5.41, 5.74) is 4.00. The predicted octanol–water partition coefficient (Wildman–Crippen LogP) is 5.74. The molecule has 1 aromatic carbocycles. The molecule has 3 aliphatic rings. The van der Waals surface area contributed by atoms with Crippen LogP contribution in [0.25, 0.3) is 0 Å². The van der Waals surface area contributed by atoms with Gasteiger partial charge in [-0.1, -0.05) is 24.3 Å². The Morgan fingerprint density at radius 2 is 1.93 bits per heavy atom. The topological polar surface area (TPSA) is 94.2 Å². The standard InChI is InChI=1S/C34H43N7O2/c1-7-10-29(19-32-36-23-37-32)43-31-15-13-27(18-24(31)3)39-34(38-22-35-5)25(4)30(11-8-2)26-20-41(21-26)33(42)16-14-28-12-9-17-40(28)6/h7-8,10-11,13-16,18-19,22-23,26,28H,9,12,17,20-21H2,1-6H3,(H,35,38,39)/b10-7-,11-8-,16-14+,29-19+,30-25-. The maximum atomic E-state index is 12.8. The molecule has 0 saturated carbocycles. The van der Waals surface area contributed by atoms with Crippen LogP contribution >= 0.6 is 0 Å². The van der Waals surface area contributed by atoms with Gasteiger partial charge in [-0.05, 0) is 95.1 Å². The summed E-state index contributed by atoms with van der Waals surface area (Å²) in [4.78, 5) is 34.0. The van der Waals surface area contributed by atoms with E-state index in [4.69, 9.17) is 4.74 Å². The quantitative estimate of drug-likeness (QED) is 0.119. The number of anilines is 1. The number of hydrogen-bond acceptors (Lipinski definition) is 6. The third kappa shape index (κ3) is 8.35. The summed E-state index contributed by atoms with van der Waals surface area (Å²) in [5.74, 6) is 3.05. The lowest BCUT2D eigenvalue weighted by Crippen LogP contribution is -2.50. The molecule has 1 unspecified atom stereocenters. The SMILES string of the molecule is C/C=C\C(=C(/C)C(=NC=NC)Nc1ccc(OC(/C=C\C)=C/C2=NC=N2)c(C)c1)C1CN(C(=O)/C=C/C2CCCN2C)C1. The minimum Gasteiger partial charge on any atom is -0.457 e. The van der Waals surface area contributed by atoms with Crippen LogP contribution in [0.15, 0.2) is 97.6 Å². The van der Waals surface area contributed by atoms with Crippen molar-refractivity contribution in [3.05, 3.63) is 83.2 Å². The van der Waals surface area contributed by atoms with Gasteiger partial charge in [-0.25, -0.2) is 15.0 Å². The molecular weight excluding hydrogens is 538 g/mol. The van der Waals surface area contributed by atoms with Gasteiger partial charge in [0.15, 0.2) is 5.84 Å². The van der Waals surface area contributed by atoms with Crippen LogP contribution in [-0.2, 0) is 4.79 Å². The van der Waals surface area contributed by atoms with Gasteiger partial charge in [0.05, 0.1) is 0 Å². The number of likely N-dealkylation sites (N-methyl/N-ethyl adjacent to an activating group) is 1. The first-order valence-electron chi connectivity index (χ1n) is 14.8. The van der Waals surface area contributed by atoms with E-state index in [1.807, 2.05) is 62.1 Å².